The third kappa shape index (κ3) is 2.42. The van der Waals surface area contributed by atoms with Crippen molar-refractivity contribution in [2.24, 2.45) is 17.1 Å². The molecule has 5 rings (SSSR count). The molecule has 0 saturated carbocycles. The first-order valence-electron chi connectivity index (χ1n) is 8.57. The Morgan fingerprint density at radius 2 is 1.85 bits per heavy atom. The molecule has 3 heterocycles. The standard InChI is InChI=1S/C21H15N5O/c1-26-18-9-5-3-6-14(18)16-10-13(22-12-19(16)26)11-23-25-20-15-7-2-4-8-17(15)24-21(20)27/h2-12H,1H3,(H,24,25,27)/b23-11+. The van der Waals surface area contributed by atoms with Crippen molar-refractivity contribution in [3.05, 3.63) is 77.1 Å². The number of nitrogens with one attached hydrogen (secondary N) is 1. The van der Waals surface area contributed by atoms with E-state index in [1.807, 2.05) is 55.7 Å². The first kappa shape index (κ1) is 15.5. The molecule has 1 amide bonds. The summed E-state index contributed by atoms with van der Waals surface area (Å²) in [5, 5.41) is 7.92. The Morgan fingerprint density at radius 3 is 2.78 bits per heavy atom. The highest BCUT2D eigenvalue weighted by Crippen LogP contribution is 2.27. The number of carbonyl (C=O) groups excluding carboxylic acids is 1. The number of para-hydroxylation sites is 2. The third-order valence-corrected chi connectivity index (χ3v) is 4.80. The van der Waals surface area contributed by atoms with E-state index in [0.717, 1.165) is 21.6 Å². The molecular weight excluding hydrogens is 338 g/mol. The normalized spacial score (nSPS) is 13.5. The number of nitrogens with zero attached hydrogens (tertiary/aromatic N) is 4. The maximum Gasteiger partial charge on any atom is 0.296 e. The van der Waals surface area contributed by atoms with Crippen LogP contribution in [0.25, 0.3) is 27.5 Å². The predicted octanol–water partition coefficient (Wildman–Crippen LogP) is 1.62. The minimum absolute atomic E-state index is 0.314. The van der Waals surface area contributed by atoms with Gasteiger partial charge < -0.3 is 4.57 Å². The monoisotopic (exact) mass is 353 g/mol. The summed E-state index contributed by atoms with van der Waals surface area (Å²) < 4.78 is 2.13. The van der Waals surface area contributed by atoms with Gasteiger partial charge in [-0.05, 0) is 18.2 Å². The van der Waals surface area contributed by atoms with Gasteiger partial charge in [-0.2, -0.15) is 5.10 Å². The molecule has 2 aromatic heterocycles. The largest absolute Gasteiger partial charge is 0.342 e. The average Bonchev–Trinajstić information content (AvgIpc) is 3.17. The smallest absolute Gasteiger partial charge is 0.296 e. The molecule has 4 aromatic rings. The van der Waals surface area contributed by atoms with Gasteiger partial charge in [0, 0.05) is 28.6 Å². The van der Waals surface area contributed by atoms with Crippen LogP contribution in [0.15, 0.2) is 70.9 Å². The number of aryl methyl sites for hydroxylation is 1. The predicted molar refractivity (Wildman–Crippen MR) is 105 cm³/mol. The zero-order valence-electron chi connectivity index (χ0n) is 14.5. The highest BCUT2D eigenvalue weighted by Gasteiger charge is 2.15. The number of benzene rings is 2. The van der Waals surface area contributed by atoms with Crippen molar-refractivity contribution < 1.29 is 4.79 Å². The van der Waals surface area contributed by atoms with E-state index in [1.54, 1.807) is 6.21 Å². The second-order valence-electron chi connectivity index (χ2n) is 6.38. The van der Waals surface area contributed by atoms with Gasteiger partial charge in [0.2, 0.25) is 0 Å². The molecular formula is C21H15N5O. The quantitative estimate of drug-likeness (QED) is 0.449. The summed E-state index contributed by atoms with van der Waals surface area (Å²) in [4.78, 5) is 20.5. The van der Waals surface area contributed by atoms with Gasteiger partial charge in [-0.3, -0.25) is 15.2 Å². The third-order valence-electron chi connectivity index (χ3n) is 4.80. The van der Waals surface area contributed by atoms with Crippen molar-refractivity contribution >= 4 is 39.6 Å². The Labute approximate surface area is 154 Å². The summed E-state index contributed by atoms with van der Waals surface area (Å²) in [6.45, 7) is 0. The number of hydrazone groups is 1. The number of amides is 1. The average molecular weight is 353 g/mol. The summed E-state index contributed by atoms with van der Waals surface area (Å²) >= 11 is 0. The molecule has 130 valence electrons. The van der Waals surface area contributed by atoms with E-state index in [0.29, 0.717) is 16.7 Å². The van der Waals surface area contributed by atoms with Crippen LogP contribution in [0.5, 0.6) is 0 Å². The second-order valence-corrected chi connectivity index (χ2v) is 6.38. The number of rotatable bonds is 3. The molecule has 0 radical (unpaired) electrons. The number of fused-ring (bicyclic) bond motifs is 4. The SMILES string of the molecule is Cn1c2ccccc2c2cc(/C=N/NC3=c4ccccc4=NC3=O)ncc21. The fourth-order valence-corrected chi connectivity index (χ4v) is 3.48. The molecule has 2 aromatic carbocycles. The van der Waals surface area contributed by atoms with E-state index < -0.39 is 0 Å². The number of hydrogen-bond donors (Lipinski definition) is 1. The van der Waals surface area contributed by atoms with Crippen LogP contribution >= 0.6 is 0 Å². The molecule has 0 fully saturated rings. The van der Waals surface area contributed by atoms with Crippen molar-refractivity contribution in [1.82, 2.24) is 15.0 Å². The van der Waals surface area contributed by atoms with Gasteiger partial charge in [0.25, 0.3) is 5.91 Å². The highest BCUT2D eigenvalue weighted by molar-refractivity contribution is 6.14. The van der Waals surface area contributed by atoms with Crippen molar-refractivity contribution in [1.29, 1.82) is 0 Å². The summed E-state index contributed by atoms with van der Waals surface area (Å²) in [5.41, 5.74) is 6.14. The summed E-state index contributed by atoms with van der Waals surface area (Å²) in [5.74, 6) is -0.314. The van der Waals surface area contributed by atoms with E-state index in [2.05, 4.69) is 37.2 Å². The lowest BCUT2D eigenvalue weighted by atomic mass is 10.2. The van der Waals surface area contributed by atoms with Crippen LogP contribution in [-0.4, -0.2) is 21.7 Å². The number of carbonyl (C=O) groups is 1. The fraction of sp³-hybridized carbons (Fsp3) is 0.0476. The lowest BCUT2D eigenvalue weighted by Crippen LogP contribution is -2.26. The fourth-order valence-electron chi connectivity index (χ4n) is 3.48. The first-order valence-corrected chi connectivity index (χ1v) is 8.57. The maximum atomic E-state index is 12.0. The van der Waals surface area contributed by atoms with Crippen LogP contribution in [0.4, 0.5) is 0 Å². The number of hydrogen-bond acceptors (Lipinski definition) is 4. The summed E-state index contributed by atoms with van der Waals surface area (Å²) in [6.07, 6.45) is 3.46. The molecule has 6 nitrogen and oxygen atoms in total. The Kier molecular flexibility index (Phi) is 3.36. The molecule has 1 aliphatic heterocycles. The van der Waals surface area contributed by atoms with E-state index in [1.165, 1.54) is 5.39 Å². The van der Waals surface area contributed by atoms with Crippen LogP contribution < -0.4 is 16.0 Å². The lowest BCUT2D eigenvalue weighted by Gasteiger charge is -1.99. The zero-order chi connectivity index (χ0) is 18.4. The molecule has 1 N–H and O–H groups in total. The highest BCUT2D eigenvalue weighted by atomic mass is 16.1. The molecule has 0 aliphatic carbocycles. The number of aromatic nitrogens is 2. The molecule has 27 heavy (non-hydrogen) atoms. The van der Waals surface area contributed by atoms with E-state index >= 15 is 0 Å². The van der Waals surface area contributed by atoms with Gasteiger partial charge in [-0.15, -0.1) is 0 Å². The van der Waals surface area contributed by atoms with Gasteiger partial charge in [-0.25, -0.2) is 4.99 Å². The first-order chi connectivity index (χ1) is 13.2. The van der Waals surface area contributed by atoms with Crippen molar-refractivity contribution in [3.63, 3.8) is 0 Å². The van der Waals surface area contributed by atoms with E-state index in [4.69, 9.17) is 0 Å². The Morgan fingerprint density at radius 1 is 1.04 bits per heavy atom. The molecule has 0 bridgehead atoms. The van der Waals surface area contributed by atoms with Crippen LogP contribution in [-0.2, 0) is 11.8 Å². The molecule has 0 atom stereocenters. The van der Waals surface area contributed by atoms with Crippen molar-refractivity contribution in [2.45, 2.75) is 0 Å². The Balaban J connectivity index is 1.51. The van der Waals surface area contributed by atoms with Crippen molar-refractivity contribution in [3.8, 4) is 0 Å². The van der Waals surface area contributed by atoms with Gasteiger partial charge >= 0.3 is 0 Å². The molecule has 0 saturated heterocycles. The lowest BCUT2D eigenvalue weighted by molar-refractivity contribution is -0.113. The van der Waals surface area contributed by atoms with E-state index in [-0.39, 0.29) is 5.91 Å². The van der Waals surface area contributed by atoms with Crippen LogP contribution in [0.3, 0.4) is 0 Å². The van der Waals surface area contributed by atoms with Gasteiger partial charge in [0.15, 0.2) is 0 Å². The minimum Gasteiger partial charge on any atom is -0.342 e. The van der Waals surface area contributed by atoms with Crippen LogP contribution in [0.1, 0.15) is 5.69 Å². The minimum atomic E-state index is -0.314. The van der Waals surface area contributed by atoms with Gasteiger partial charge in [-0.1, -0.05) is 36.4 Å². The Hall–Kier alpha value is -3.80. The van der Waals surface area contributed by atoms with Crippen LogP contribution in [0.2, 0.25) is 0 Å². The van der Waals surface area contributed by atoms with Crippen LogP contribution in [0, 0.1) is 0 Å². The molecule has 1 aliphatic rings. The molecule has 6 heteroatoms. The van der Waals surface area contributed by atoms with Gasteiger partial charge in [0.1, 0.15) is 5.70 Å². The maximum absolute atomic E-state index is 12.0. The van der Waals surface area contributed by atoms with E-state index in [9.17, 15) is 4.79 Å². The topological polar surface area (TPSA) is 71.6 Å². The second kappa shape index (κ2) is 5.88. The number of pyridine rings is 1. The summed E-state index contributed by atoms with van der Waals surface area (Å²) in [6, 6.07) is 17.6. The van der Waals surface area contributed by atoms with Gasteiger partial charge in [0.05, 0.1) is 29.0 Å². The van der Waals surface area contributed by atoms with Crippen molar-refractivity contribution in [2.75, 3.05) is 0 Å². The summed E-state index contributed by atoms with van der Waals surface area (Å²) in [7, 11) is 2.03. The molecule has 0 spiro atoms. The molecule has 0 unspecified atom stereocenters. The Bertz CT molecular complexity index is 1380. The zero-order valence-corrected chi connectivity index (χ0v) is 14.5.